The summed E-state index contributed by atoms with van der Waals surface area (Å²) in [5.74, 6) is -0.199. The molecule has 0 radical (unpaired) electrons. The van der Waals surface area contributed by atoms with E-state index in [1.165, 1.54) is 17.2 Å². The summed E-state index contributed by atoms with van der Waals surface area (Å²) in [4.78, 5) is 0. The lowest BCUT2D eigenvalue weighted by molar-refractivity contribution is 0.545. The zero-order valence-electron chi connectivity index (χ0n) is 12.1. The van der Waals surface area contributed by atoms with Crippen molar-refractivity contribution in [2.75, 3.05) is 6.54 Å². The fraction of sp³-hybridized carbons (Fsp3) is 0.294. The molecule has 21 heavy (non-hydrogen) atoms. The van der Waals surface area contributed by atoms with Crippen LogP contribution in [0.1, 0.15) is 29.7 Å². The van der Waals surface area contributed by atoms with Crippen LogP contribution in [0.2, 0.25) is 0 Å². The van der Waals surface area contributed by atoms with Gasteiger partial charge in [0.1, 0.15) is 5.82 Å². The van der Waals surface area contributed by atoms with Crippen LogP contribution in [0.3, 0.4) is 0 Å². The monoisotopic (exact) mass is 413 g/mol. The van der Waals surface area contributed by atoms with Crippen molar-refractivity contribution in [2.45, 2.75) is 26.3 Å². The lowest BCUT2D eigenvalue weighted by atomic mass is 9.97. The van der Waals surface area contributed by atoms with Gasteiger partial charge in [0, 0.05) is 15.0 Å². The Bertz CT molecular complexity index is 628. The molecule has 112 valence electrons. The second kappa shape index (κ2) is 7.52. The molecule has 1 nitrogen and oxygen atoms in total. The third-order valence-corrected chi connectivity index (χ3v) is 5.13. The van der Waals surface area contributed by atoms with Crippen molar-refractivity contribution in [2.24, 2.45) is 0 Å². The van der Waals surface area contributed by atoms with Crippen LogP contribution in [-0.2, 0) is 6.42 Å². The molecule has 2 aromatic rings. The highest BCUT2D eigenvalue weighted by Crippen LogP contribution is 2.27. The number of rotatable bonds is 5. The molecule has 0 bridgehead atoms. The minimum absolute atomic E-state index is 0.167. The van der Waals surface area contributed by atoms with Crippen LogP contribution in [0.15, 0.2) is 45.3 Å². The third-order valence-electron chi connectivity index (χ3n) is 3.47. The smallest absolute Gasteiger partial charge is 0.123 e. The van der Waals surface area contributed by atoms with Crippen LogP contribution in [-0.4, -0.2) is 6.54 Å². The highest BCUT2D eigenvalue weighted by atomic mass is 79.9. The van der Waals surface area contributed by atoms with E-state index >= 15 is 0 Å². The van der Waals surface area contributed by atoms with Gasteiger partial charge in [-0.15, -0.1) is 0 Å². The van der Waals surface area contributed by atoms with Gasteiger partial charge in [-0.2, -0.15) is 0 Å². The van der Waals surface area contributed by atoms with E-state index in [9.17, 15) is 4.39 Å². The van der Waals surface area contributed by atoms with Gasteiger partial charge in [0.2, 0.25) is 0 Å². The number of aryl methyl sites for hydroxylation is 1. The first kappa shape index (κ1) is 16.7. The lowest BCUT2D eigenvalue weighted by Crippen LogP contribution is -2.23. The standard InChI is InChI=1S/C17H18Br2FN/c1-3-21-17(12-4-6-15(18)11(2)8-12)10-13-9-14(20)5-7-16(13)19/h4-9,17,21H,3,10H2,1-2H3. The second-order valence-corrected chi connectivity index (χ2v) is 6.77. The zero-order chi connectivity index (χ0) is 15.4. The van der Waals surface area contributed by atoms with E-state index in [1.807, 2.05) is 0 Å². The molecule has 0 saturated heterocycles. The molecule has 0 aliphatic heterocycles. The maximum Gasteiger partial charge on any atom is 0.123 e. The Morgan fingerprint density at radius 3 is 2.48 bits per heavy atom. The molecule has 1 atom stereocenters. The van der Waals surface area contributed by atoms with Crippen molar-refractivity contribution < 1.29 is 4.39 Å². The van der Waals surface area contributed by atoms with Gasteiger partial charge in [-0.25, -0.2) is 4.39 Å². The van der Waals surface area contributed by atoms with Crippen molar-refractivity contribution in [3.63, 3.8) is 0 Å². The first-order valence-electron chi connectivity index (χ1n) is 6.94. The molecular formula is C17H18Br2FN. The van der Waals surface area contributed by atoms with E-state index in [4.69, 9.17) is 0 Å². The Morgan fingerprint density at radius 2 is 1.81 bits per heavy atom. The van der Waals surface area contributed by atoms with Crippen LogP contribution >= 0.6 is 31.9 Å². The lowest BCUT2D eigenvalue weighted by Gasteiger charge is -2.20. The Kier molecular flexibility index (Phi) is 5.97. The summed E-state index contributed by atoms with van der Waals surface area (Å²) in [5.41, 5.74) is 3.39. The van der Waals surface area contributed by atoms with Crippen LogP contribution in [0.5, 0.6) is 0 Å². The maximum atomic E-state index is 13.5. The summed E-state index contributed by atoms with van der Waals surface area (Å²) in [6.45, 7) is 5.03. The van der Waals surface area contributed by atoms with E-state index in [-0.39, 0.29) is 11.9 Å². The van der Waals surface area contributed by atoms with Crippen LogP contribution in [0.25, 0.3) is 0 Å². The molecule has 1 N–H and O–H groups in total. The molecule has 4 heteroatoms. The van der Waals surface area contributed by atoms with Gasteiger partial charge < -0.3 is 5.32 Å². The van der Waals surface area contributed by atoms with E-state index in [0.29, 0.717) is 0 Å². The van der Waals surface area contributed by atoms with Crippen molar-refractivity contribution in [3.8, 4) is 0 Å². The summed E-state index contributed by atoms with van der Waals surface area (Å²) < 4.78 is 15.5. The predicted octanol–water partition coefficient (Wildman–Crippen LogP) is 5.55. The molecule has 2 aromatic carbocycles. The first-order chi connectivity index (χ1) is 10.0. The van der Waals surface area contributed by atoms with Gasteiger partial charge in [0.25, 0.3) is 0 Å². The zero-order valence-corrected chi connectivity index (χ0v) is 15.3. The van der Waals surface area contributed by atoms with E-state index in [2.05, 4.69) is 69.2 Å². The minimum Gasteiger partial charge on any atom is -0.310 e. The molecule has 0 fully saturated rings. The van der Waals surface area contributed by atoms with Gasteiger partial charge in [0.05, 0.1) is 0 Å². The summed E-state index contributed by atoms with van der Waals surface area (Å²) >= 11 is 7.03. The number of hydrogen-bond donors (Lipinski definition) is 1. The Labute approximate surface area is 142 Å². The molecule has 0 amide bonds. The van der Waals surface area contributed by atoms with Gasteiger partial charge in [-0.3, -0.25) is 0 Å². The van der Waals surface area contributed by atoms with Crippen molar-refractivity contribution in [1.29, 1.82) is 0 Å². The maximum absolute atomic E-state index is 13.5. The Morgan fingerprint density at radius 1 is 1.10 bits per heavy atom. The largest absolute Gasteiger partial charge is 0.310 e. The van der Waals surface area contributed by atoms with Crippen LogP contribution < -0.4 is 5.32 Å². The number of halogens is 3. The quantitative estimate of drug-likeness (QED) is 0.675. The first-order valence-corrected chi connectivity index (χ1v) is 8.53. The molecule has 0 aliphatic rings. The number of hydrogen-bond acceptors (Lipinski definition) is 1. The molecule has 0 aromatic heterocycles. The summed E-state index contributed by atoms with van der Waals surface area (Å²) in [6.07, 6.45) is 0.743. The number of likely N-dealkylation sites (N-methyl/N-ethyl adjacent to an activating group) is 1. The predicted molar refractivity (Wildman–Crippen MR) is 93.1 cm³/mol. The van der Waals surface area contributed by atoms with Gasteiger partial charge in [-0.05, 0) is 60.8 Å². The summed E-state index contributed by atoms with van der Waals surface area (Å²) in [5, 5.41) is 3.48. The summed E-state index contributed by atoms with van der Waals surface area (Å²) in [7, 11) is 0. The highest BCUT2D eigenvalue weighted by Gasteiger charge is 2.14. The second-order valence-electron chi connectivity index (χ2n) is 5.06. The van der Waals surface area contributed by atoms with Crippen LogP contribution in [0, 0.1) is 12.7 Å². The molecule has 0 spiro atoms. The van der Waals surface area contributed by atoms with Crippen molar-refractivity contribution >= 4 is 31.9 Å². The van der Waals surface area contributed by atoms with Gasteiger partial charge in [-0.1, -0.05) is 50.9 Å². The third kappa shape index (κ3) is 4.38. The minimum atomic E-state index is -0.199. The number of benzene rings is 2. The average molecular weight is 415 g/mol. The fourth-order valence-corrected chi connectivity index (χ4v) is 3.01. The van der Waals surface area contributed by atoms with Crippen molar-refractivity contribution in [1.82, 2.24) is 5.32 Å². The van der Waals surface area contributed by atoms with Crippen LogP contribution in [0.4, 0.5) is 4.39 Å². The van der Waals surface area contributed by atoms with Crippen molar-refractivity contribution in [3.05, 3.63) is 67.9 Å². The summed E-state index contributed by atoms with van der Waals surface area (Å²) in [6, 6.07) is 11.3. The molecular weight excluding hydrogens is 397 g/mol. The normalized spacial score (nSPS) is 12.4. The highest BCUT2D eigenvalue weighted by molar-refractivity contribution is 9.10. The van der Waals surface area contributed by atoms with Gasteiger partial charge in [0.15, 0.2) is 0 Å². The Balaban J connectivity index is 2.30. The molecule has 0 saturated carbocycles. The van der Waals surface area contributed by atoms with E-state index < -0.39 is 0 Å². The van der Waals surface area contributed by atoms with Gasteiger partial charge >= 0.3 is 0 Å². The molecule has 2 rings (SSSR count). The fourth-order valence-electron chi connectivity index (χ4n) is 2.36. The topological polar surface area (TPSA) is 12.0 Å². The molecule has 1 unspecified atom stereocenters. The molecule has 0 aliphatic carbocycles. The van der Waals surface area contributed by atoms with E-state index in [0.717, 1.165) is 27.5 Å². The molecule has 0 heterocycles. The van der Waals surface area contributed by atoms with E-state index in [1.54, 1.807) is 12.1 Å². The Hall–Kier alpha value is -0.710. The average Bonchev–Trinajstić information content (AvgIpc) is 2.45. The SMILES string of the molecule is CCNC(Cc1cc(F)ccc1Br)c1ccc(Br)c(C)c1. The number of nitrogens with one attached hydrogen (secondary N) is 1.